The number of carbonyl (C=O) groups is 1. The van der Waals surface area contributed by atoms with E-state index in [9.17, 15) is 13.6 Å². The second kappa shape index (κ2) is 4.89. The van der Waals surface area contributed by atoms with Gasteiger partial charge in [0, 0.05) is 12.1 Å². The van der Waals surface area contributed by atoms with Crippen molar-refractivity contribution in [2.45, 2.75) is 6.04 Å². The lowest BCUT2D eigenvalue weighted by molar-refractivity contribution is -0.142. The van der Waals surface area contributed by atoms with Crippen LogP contribution < -0.4 is 10.5 Å². The van der Waals surface area contributed by atoms with Crippen molar-refractivity contribution in [3.8, 4) is 5.75 Å². The Morgan fingerprint density at radius 1 is 1.31 bits per heavy atom. The van der Waals surface area contributed by atoms with Crippen molar-refractivity contribution >= 4 is 5.97 Å². The number of ether oxygens (including phenoxy) is 2. The van der Waals surface area contributed by atoms with Crippen LogP contribution in [0.2, 0.25) is 0 Å². The molecule has 1 rings (SSSR count). The van der Waals surface area contributed by atoms with Gasteiger partial charge in [0.25, 0.3) is 0 Å². The maximum Gasteiger partial charge on any atom is 0.327 e. The van der Waals surface area contributed by atoms with Crippen molar-refractivity contribution in [1.29, 1.82) is 0 Å². The molecule has 1 atom stereocenters. The topological polar surface area (TPSA) is 61.5 Å². The lowest BCUT2D eigenvalue weighted by Gasteiger charge is -2.12. The van der Waals surface area contributed by atoms with E-state index in [1.165, 1.54) is 7.11 Å². The molecule has 0 aromatic heterocycles. The van der Waals surface area contributed by atoms with E-state index in [0.29, 0.717) is 0 Å². The van der Waals surface area contributed by atoms with E-state index in [1.807, 2.05) is 0 Å². The van der Waals surface area contributed by atoms with Crippen LogP contribution in [0.5, 0.6) is 5.75 Å². The summed E-state index contributed by atoms with van der Waals surface area (Å²) in [6, 6.07) is 0.401. The molecular weight excluding hydrogens is 220 g/mol. The van der Waals surface area contributed by atoms with Crippen LogP contribution in [0.3, 0.4) is 0 Å². The first-order chi connectivity index (χ1) is 7.51. The van der Waals surface area contributed by atoms with Gasteiger partial charge in [-0.3, -0.25) is 4.79 Å². The van der Waals surface area contributed by atoms with Crippen LogP contribution in [0, 0.1) is 11.6 Å². The van der Waals surface area contributed by atoms with Gasteiger partial charge in [-0.25, -0.2) is 8.78 Å². The Kier molecular flexibility index (Phi) is 3.78. The molecule has 0 heterocycles. The van der Waals surface area contributed by atoms with Crippen molar-refractivity contribution in [1.82, 2.24) is 0 Å². The third-order valence-corrected chi connectivity index (χ3v) is 2.05. The van der Waals surface area contributed by atoms with E-state index in [4.69, 9.17) is 5.73 Å². The largest absolute Gasteiger partial charge is 0.497 e. The molecule has 0 amide bonds. The monoisotopic (exact) mass is 231 g/mol. The quantitative estimate of drug-likeness (QED) is 0.792. The Bertz CT molecular complexity index is 386. The molecule has 1 aromatic carbocycles. The van der Waals surface area contributed by atoms with Gasteiger partial charge in [0.05, 0.1) is 19.8 Å². The molecule has 0 saturated heterocycles. The van der Waals surface area contributed by atoms with Gasteiger partial charge < -0.3 is 15.2 Å². The van der Waals surface area contributed by atoms with E-state index in [-0.39, 0.29) is 5.75 Å². The molecule has 0 bridgehead atoms. The number of benzene rings is 1. The summed E-state index contributed by atoms with van der Waals surface area (Å²) in [6.45, 7) is 0. The lowest BCUT2D eigenvalue weighted by atomic mass is 10.1. The summed E-state index contributed by atoms with van der Waals surface area (Å²) in [6.07, 6.45) is 0. The molecule has 88 valence electrons. The highest BCUT2D eigenvalue weighted by atomic mass is 19.1. The number of esters is 1. The summed E-state index contributed by atoms with van der Waals surface area (Å²) in [5, 5.41) is 0. The first-order valence-corrected chi connectivity index (χ1v) is 4.37. The molecule has 16 heavy (non-hydrogen) atoms. The summed E-state index contributed by atoms with van der Waals surface area (Å²) >= 11 is 0. The molecule has 0 radical (unpaired) electrons. The molecule has 0 fully saturated rings. The van der Waals surface area contributed by atoms with E-state index >= 15 is 0 Å². The zero-order chi connectivity index (χ0) is 12.3. The summed E-state index contributed by atoms with van der Waals surface area (Å²) in [5.74, 6) is -2.80. The summed E-state index contributed by atoms with van der Waals surface area (Å²) in [5.41, 5.74) is 4.81. The van der Waals surface area contributed by atoms with Crippen molar-refractivity contribution in [3.63, 3.8) is 0 Å². The molecule has 1 aromatic rings. The van der Waals surface area contributed by atoms with Gasteiger partial charge in [0.2, 0.25) is 0 Å². The zero-order valence-corrected chi connectivity index (χ0v) is 8.79. The number of halogens is 2. The molecule has 0 unspecified atom stereocenters. The minimum Gasteiger partial charge on any atom is -0.497 e. The normalized spacial score (nSPS) is 12.1. The number of methoxy groups -OCH3 is 2. The maximum atomic E-state index is 13.4. The number of hydrogen-bond donors (Lipinski definition) is 1. The Labute approximate surface area is 91.0 Å². The molecule has 0 aliphatic rings. The van der Waals surface area contributed by atoms with Gasteiger partial charge in [-0.15, -0.1) is 0 Å². The van der Waals surface area contributed by atoms with E-state index < -0.39 is 29.2 Å². The number of carbonyl (C=O) groups excluding carboxylic acids is 1. The van der Waals surface area contributed by atoms with E-state index in [2.05, 4.69) is 9.47 Å². The van der Waals surface area contributed by atoms with Gasteiger partial charge in [-0.05, 0) is 0 Å². The average Bonchev–Trinajstić information content (AvgIpc) is 2.26. The minimum atomic E-state index is -1.49. The molecule has 4 nitrogen and oxygen atoms in total. The highest BCUT2D eigenvalue weighted by molar-refractivity contribution is 5.77. The van der Waals surface area contributed by atoms with Crippen LogP contribution in [0.4, 0.5) is 8.78 Å². The van der Waals surface area contributed by atoms with Crippen LogP contribution in [-0.4, -0.2) is 20.2 Å². The summed E-state index contributed by atoms with van der Waals surface area (Å²) < 4.78 is 35.8. The molecule has 0 aliphatic carbocycles. The average molecular weight is 231 g/mol. The van der Waals surface area contributed by atoms with Crippen molar-refractivity contribution < 1.29 is 23.0 Å². The predicted octanol–water partition coefficient (Wildman–Crippen LogP) is 1.15. The highest BCUT2D eigenvalue weighted by Gasteiger charge is 2.24. The lowest BCUT2D eigenvalue weighted by Crippen LogP contribution is -2.25. The van der Waals surface area contributed by atoms with Gasteiger partial charge >= 0.3 is 5.97 Å². The van der Waals surface area contributed by atoms with Crippen molar-refractivity contribution in [3.05, 3.63) is 29.3 Å². The number of nitrogens with two attached hydrogens (primary N) is 1. The number of hydrogen-bond acceptors (Lipinski definition) is 4. The number of rotatable bonds is 3. The Balaban J connectivity index is 3.19. The van der Waals surface area contributed by atoms with Gasteiger partial charge in [-0.1, -0.05) is 0 Å². The molecule has 6 heteroatoms. The molecule has 0 aliphatic heterocycles. The maximum absolute atomic E-state index is 13.4. The van der Waals surface area contributed by atoms with Crippen LogP contribution >= 0.6 is 0 Å². The van der Waals surface area contributed by atoms with Crippen LogP contribution in [-0.2, 0) is 9.53 Å². The van der Waals surface area contributed by atoms with Crippen molar-refractivity contribution in [2.75, 3.05) is 14.2 Å². The van der Waals surface area contributed by atoms with Crippen LogP contribution in [0.1, 0.15) is 11.6 Å². The molecular formula is C10H11F2NO3. The fourth-order valence-electron chi connectivity index (χ4n) is 1.22. The third kappa shape index (κ3) is 2.27. The van der Waals surface area contributed by atoms with E-state index in [1.54, 1.807) is 0 Å². The minimum absolute atomic E-state index is 0.0100. The SMILES string of the molecule is COC(=O)[C@H](N)c1c(F)cc(OC)cc1F. The van der Waals surface area contributed by atoms with Crippen LogP contribution in [0.25, 0.3) is 0 Å². The predicted molar refractivity (Wildman–Crippen MR) is 51.9 cm³/mol. The van der Waals surface area contributed by atoms with Gasteiger partial charge in [-0.2, -0.15) is 0 Å². The van der Waals surface area contributed by atoms with Gasteiger partial charge in [0.15, 0.2) is 0 Å². The fraction of sp³-hybridized carbons (Fsp3) is 0.300. The Morgan fingerprint density at radius 2 is 1.81 bits per heavy atom. The van der Waals surface area contributed by atoms with Crippen LogP contribution in [0.15, 0.2) is 12.1 Å². The summed E-state index contributed by atoms with van der Waals surface area (Å²) in [4.78, 5) is 11.1. The third-order valence-electron chi connectivity index (χ3n) is 2.05. The Morgan fingerprint density at radius 3 is 2.19 bits per heavy atom. The first-order valence-electron chi connectivity index (χ1n) is 4.37. The first kappa shape index (κ1) is 12.4. The van der Waals surface area contributed by atoms with Gasteiger partial charge in [0.1, 0.15) is 23.4 Å². The molecule has 0 saturated carbocycles. The summed E-state index contributed by atoms with van der Waals surface area (Å²) in [7, 11) is 2.36. The second-order valence-corrected chi connectivity index (χ2v) is 3.01. The zero-order valence-electron chi connectivity index (χ0n) is 8.79. The fourth-order valence-corrected chi connectivity index (χ4v) is 1.22. The Hall–Kier alpha value is -1.69. The molecule has 2 N–H and O–H groups in total. The standard InChI is InChI=1S/C10H11F2NO3/c1-15-5-3-6(11)8(7(12)4-5)9(13)10(14)16-2/h3-4,9H,13H2,1-2H3/t9-/m1/s1. The highest BCUT2D eigenvalue weighted by Crippen LogP contribution is 2.25. The smallest absolute Gasteiger partial charge is 0.327 e. The van der Waals surface area contributed by atoms with E-state index in [0.717, 1.165) is 19.2 Å². The van der Waals surface area contributed by atoms with Crippen molar-refractivity contribution in [2.24, 2.45) is 5.73 Å². The molecule has 0 spiro atoms. The second-order valence-electron chi connectivity index (χ2n) is 3.01.